The number of aryl methyl sites for hydroxylation is 1. The largest absolute Gasteiger partial charge is 0.493 e. The lowest BCUT2D eigenvalue weighted by molar-refractivity contribution is 0.256. The predicted molar refractivity (Wildman–Crippen MR) is 135 cm³/mol. The molecule has 1 aromatic heterocycles. The van der Waals surface area contributed by atoms with Crippen molar-refractivity contribution in [1.82, 2.24) is 9.97 Å². The summed E-state index contributed by atoms with van der Waals surface area (Å²) in [5, 5.41) is 0. The lowest BCUT2D eigenvalue weighted by Gasteiger charge is -2.11. The van der Waals surface area contributed by atoms with E-state index in [4.69, 9.17) is 4.74 Å². The Hall–Kier alpha value is -2.68. The van der Waals surface area contributed by atoms with Crippen LogP contribution in [0, 0.1) is 5.92 Å². The van der Waals surface area contributed by atoms with E-state index in [-0.39, 0.29) is 0 Å². The molecule has 1 unspecified atom stereocenters. The van der Waals surface area contributed by atoms with Crippen LogP contribution in [-0.2, 0) is 6.42 Å². The fourth-order valence-corrected chi connectivity index (χ4v) is 3.66. The van der Waals surface area contributed by atoms with Gasteiger partial charge in [-0.25, -0.2) is 9.97 Å². The van der Waals surface area contributed by atoms with Crippen LogP contribution < -0.4 is 4.74 Å². The van der Waals surface area contributed by atoms with E-state index >= 15 is 0 Å². The van der Waals surface area contributed by atoms with Crippen molar-refractivity contribution in [2.45, 2.75) is 72.1 Å². The topological polar surface area (TPSA) is 35.0 Å². The van der Waals surface area contributed by atoms with Gasteiger partial charge in [-0.1, -0.05) is 95.7 Å². The van der Waals surface area contributed by atoms with E-state index in [1.807, 2.05) is 24.5 Å². The Morgan fingerprint density at radius 1 is 0.719 bits per heavy atom. The third kappa shape index (κ3) is 7.47. The summed E-state index contributed by atoms with van der Waals surface area (Å²) < 4.78 is 5.85. The summed E-state index contributed by atoms with van der Waals surface area (Å²) in [6, 6.07) is 16.9. The minimum atomic E-state index is 0.570. The van der Waals surface area contributed by atoms with Crippen molar-refractivity contribution >= 4 is 0 Å². The third-order valence-corrected chi connectivity index (χ3v) is 6.10. The van der Waals surface area contributed by atoms with Gasteiger partial charge < -0.3 is 4.74 Å². The first-order valence-electron chi connectivity index (χ1n) is 12.3. The van der Waals surface area contributed by atoms with E-state index in [2.05, 4.69) is 67.1 Å². The highest BCUT2D eigenvalue weighted by Crippen LogP contribution is 2.24. The second-order valence-corrected chi connectivity index (χ2v) is 8.86. The SMILES string of the molecule is CCCCCCCCc1ccc(-c2ncc(-c3ccc(OCC(C)CC)cc3)cn2)cc1. The van der Waals surface area contributed by atoms with Crippen molar-refractivity contribution < 1.29 is 4.74 Å². The predicted octanol–water partition coefficient (Wildman–Crippen LogP) is 8.14. The molecule has 3 aromatic rings. The molecule has 0 saturated heterocycles. The monoisotopic (exact) mass is 430 g/mol. The van der Waals surface area contributed by atoms with Crippen LogP contribution >= 0.6 is 0 Å². The maximum Gasteiger partial charge on any atom is 0.159 e. The zero-order chi connectivity index (χ0) is 22.6. The molecular weight excluding hydrogens is 392 g/mol. The molecule has 3 rings (SSSR count). The minimum Gasteiger partial charge on any atom is -0.493 e. The molecule has 0 aliphatic heterocycles. The zero-order valence-electron chi connectivity index (χ0n) is 20.0. The van der Waals surface area contributed by atoms with Crippen LogP contribution in [0.25, 0.3) is 22.5 Å². The van der Waals surface area contributed by atoms with Gasteiger partial charge in [0.15, 0.2) is 5.82 Å². The van der Waals surface area contributed by atoms with Crippen molar-refractivity contribution in [1.29, 1.82) is 0 Å². The highest BCUT2D eigenvalue weighted by atomic mass is 16.5. The average Bonchev–Trinajstić information content (AvgIpc) is 2.85. The second-order valence-electron chi connectivity index (χ2n) is 8.86. The molecule has 1 heterocycles. The zero-order valence-corrected chi connectivity index (χ0v) is 20.0. The number of aromatic nitrogens is 2. The molecule has 0 fully saturated rings. The Bertz CT molecular complexity index is 901. The number of hydrogen-bond acceptors (Lipinski definition) is 3. The van der Waals surface area contributed by atoms with E-state index in [1.165, 1.54) is 44.1 Å². The maximum atomic E-state index is 5.85. The smallest absolute Gasteiger partial charge is 0.159 e. The number of benzene rings is 2. The van der Waals surface area contributed by atoms with Gasteiger partial charge >= 0.3 is 0 Å². The molecule has 0 saturated carbocycles. The molecule has 0 N–H and O–H groups in total. The number of hydrogen-bond donors (Lipinski definition) is 0. The lowest BCUT2D eigenvalue weighted by atomic mass is 10.0. The standard InChI is InChI=1S/C29H38N2O/c1-4-6-7-8-9-10-11-24-12-14-26(15-13-24)29-30-20-27(21-31-29)25-16-18-28(19-17-25)32-22-23(3)5-2/h12-21,23H,4-11,22H2,1-3H3. The van der Waals surface area contributed by atoms with E-state index in [9.17, 15) is 0 Å². The summed E-state index contributed by atoms with van der Waals surface area (Å²) >= 11 is 0. The van der Waals surface area contributed by atoms with Gasteiger partial charge in [0.25, 0.3) is 0 Å². The molecule has 0 radical (unpaired) electrons. The van der Waals surface area contributed by atoms with Gasteiger partial charge in [-0.15, -0.1) is 0 Å². The maximum absolute atomic E-state index is 5.85. The van der Waals surface area contributed by atoms with Gasteiger partial charge in [0, 0.05) is 23.5 Å². The summed E-state index contributed by atoms with van der Waals surface area (Å²) in [6.07, 6.45) is 14.1. The first-order chi connectivity index (χ1) is 15.7. The Labute approximate surface area is 194 Å². The van der Waals surface area contributed by atoms with Crippen LogP contribution in [0.1, 0.15) is 71.3 Å². The molecule has 0 aliphatic rings. The number of unbranched alkanes of at least 4 members (excludes halogenated alkanes) is 5. The number of rotatable bonds is 13. The van der Waals surface area contributed by atoms with Crippen molar-refractivity contribution in [3.8, 4) is 28.3 Å². The van der Waals surface area contributed by atoms with Crippen LogP contribution in [-0.4, -0.2) is 16.6 Å². The van der Waals surface area contributed by atoms with E-state index in [0.29, 0.717) is 5.92 Å². The van der Waals surface area contributed by atoms with Gasteiger partial charge in [-0.05, 0) is 42.0 Å². The normalized spacial score (nSPS) is 12.0. The molecule has 0 spiro atoms. The van der Waals surface area contributed by atoms with Crippen LogP contribution in [0.5, 0.6) is 5.75 Å². The highest BCUT2D eigenvalue weighted by molar-refractivity contribution is 5.64. The summed E-state index contributed by atoms with van der Waals surface area (Å²) in [4.78, 5) is 9.22. The number of ether oxygens (including phenoxy) is 1. The molecule has 2 aromatic carbocycles. The molecule has 170 valence electrons. The summed E-state index contributed by atoms with van der Waals surface area (Å²) in [5.74, 6) is 2.25. The van der Waals surface area contributed by atoms with E-state index < -0.39 is 0 Å². The summed E-state index contributed by atoms with van der Waals surface area (Å²) in [5.41, 5.74) is 4.58. The third-order valence-electron chi connectivity index (χ3n) is 6.10. The van der Waals surface area contributed by atoms with Gasteiger partial charge in [0.05, 0.1) is 6.61 Å². The van der Waals surface area contributed by atoms with Gasteiger partial charge in [0.2, 0.25) is 0 Å². The highest BCUT2D eigenvalue weighted by Gasteiger charge is 2.05. The Balaban J connectivity index is 1.52. The van der Waals surface area contributed by atoms with Gasteiger partial charge in [-0.3, -0.25) is 0 Å². The Morgan fingerprint density at radius 2 is 1.34 bits per heavy atom. The molecule has 3 nitrogen and oxygen atoms in total. The van der Waals surface area contributed by atoms with E-state index in [1.54, 1.807) is 0 Å². The van der Waals surface area contributed by atoms with Gasteiger partial charge in [-0.2, -0.15) is 0 Å². The molecule has 32 heavy (non-hydrogen) atoms. The van der Waals surface area contributed by atoms with Crippen molar-refractivity contribution in [2.75, 3.05) is 6.61 Å². The van der Waals surface area contributed by atoms with Crippen molar-refractivity contribution in [3.05, 3.63) is 66.5 Å². The fraction of sp³-hybridized carbons (Fsp3) is 0.448. The Kier molecular flexibility index (Phi) is 9.74. The summed E-state index contributed by atoms with van der Waals surface area (Å²) in [7, 11) is 0. The molecule has 1 atom stereocenters. The van der Waals surface area contributed by atoms with Crippen LogP contribution in [0.2, 0.25) is 0 Å². The quantitative estimate of drug-likeness (QED) is 0.257. The Morgan fingerprint density at radius 3 is 2.00 bits per heavy atom. The fourth-order valence-electron chi connectivity index (χ4n) is 3.66. The summed E-state index contributed by atoms with van der Waals surface area (Å²) in [6.45, 7) is 7.41. The average molecular weight is 431 g/mol. The van der Waals surface area contributed by atoms with E-state index in [0.717, 1.165) is 47.7 Å². The second kappa shape index (κ2) is 13.0. The molecule has 0 amide bonds. The van der Waals surface area contributed by atoms with Crippen LogP contribution in [0.3, 0.4) is 0 Å². The van der Waals surface area contributed by atoms with Crippen LogP contribution in [0.4, 0.5) is 0 Å². The first kappa shape index (κ1) is 24.0. The number of nitrogens with zero attached hydrogens (tertiary/aromatic N) is 2. The lowest BCUT2D eigenvalue weighted by Crippen LogP contribution is -2.06. The van der Waals surface area contributed by atoms with Crippen molar-refractivity contribution in [3.63, 3.8) is 0 Å². The van der Waals surface area contributed by atoms with Gasteiger partial charge in [0.1, 0.15) is 5.75 Å². The molecular formula is C29H38N2O. The first-order valence-corrected chi connectivity index (χ1v) is 12.3. The molecule has 0 aliphatic carbocycles. The van der Waals surface area contributed by atoms with Crippen molar-refractivity contribution in [2.24, 2.45) is 5.92 Å². The van der Waals surface area contributed by atoms with Crippen LogP contribution in [0.15, 0.2) is 60.9 Å². The molecule has 0 bridgehead atoms. The molecule has 3 heteroatoms. The minimum absolute atomic E-state index is 0.570.